The standard InChI is InChI=1S/C76H74/c1-5-17-55(18-6-1)49-59-29-37-63(38-30-59)75(64-39-31-60(32-40-64)50-56-19-7-2-8-20-56)53-67-45-47-73(71-27-15-13-25-69(67)71)74-48-46-68(70-26-14-16-28-72(70)74)54-76(65-41-33-61(34-42-65)51-57-21-9-3-10-22-57)66-43-35-62(36-44-66)52-58-23-11-4-12-24-58/h13-16,25-54H,1-12,17-24H2. The summed E-state index contributed by atoms with van der Waals surface area (Å²) in [5.74, 6) is 0. The van der Waals surface area contributed by atoms with Gasteiger partial charge < -0.3 is 0 Å². The Labute approximate surface area is 454 Å². The van der Waals surface area contributed by atoms with Gasteiger partial charge >= 0.3 is 0 Å². The van der Waals surface area contributed by atoms with Crippen LogP contribution >= 0.6 is 0 Å². The van der Waals surface area contributed by atoms with Crippen LogP contribution < -0.4 is 0 Å². The SMILES string of the molecule is C(=C1CCCCC1)c1ccc(C(=Cc2ccc(-c3ccc(C=C(c4ccc(C=C5CCCCC5)cc4)c4ccc(C=C5CCCCC5)cc4)c4ccccc34)c3ccccc23)c2ccc(C=C3CCCCC3)cc2)cc1. The van der Waals surface area contributed by atoms with Crippen molar-refractivity contribution in [2.75, 3.05) is 0 Å². The van der Waals surface area contributed by atoms with Gasteiger partial charge in [0.2, 0.25) is 0 Å². The van der Waals surface area contributed by atoms with E-state index in [1.807, 2.05) is 0 Å². The average molecular weight is 987 g/mol. The Morgan fingerprint density at radius 1 is 0.237 bits per heavy atom. The first-order chi connectivity index (χ1) is 37.6. The number of benzene rings is 8. The smallest absolute Gasteiger partial charge is 0.00987 e. The number of fused-ring (bicyclic) bond motifs is 2. The monoisotopic (exact) mass is 987 g/mol. The van der Waals surface area contributed by atoms with Crippen LogP contribution in [0.5, 0.6) is 0 Å². The van der Waals surface area contributed by atoms with E-state index >= 15 is 0 Å². The molecule has 76 heavy (non-hydrogen) atoms. The van der Waals surface area contributed by atoms with E-state index in [1.54, 1.807) is 22.3 Å². The van der Waals surface area contributed by atoms with Gasteiger partial charge in [0.1, 0.15) is 0 Å². The van der Waals surface area contributed by atoms with E-state index in [-0.39, 0.29) is 0 Å². The van der Waals surface area contributed by atoms with Crippen LogP contribution in [0, 0.1) is 0 Å². The summed E-state index contributed by atoms with van der Waals surface area (Å²) in [4.78, 5) is 0. The topological polar surface area (TPSA) is 0 Å². The molecule has 4 saturated carbocycles. The summed E-state index contributed by atoms with van der Waals surface area (Å²) in [5, 5.41) is 5.05. The highest BCUT2D eigenvalue weighted by Gasteiger charge is 2.17. The van der Waals surface area contributed by atoms with Crippen molar-refractivity contribution in [1.29, 1.82) is 0 Å². The molecule has 4 aliphatic rings. The van der Waals surface area contributed by atoms with Crippen LogP contribution in [0.25, 0.3) is 80.3 Å². The van der Waals surface area contributed by atoms with E-state index in [0.717, 1.165) is 0 Å². The summed E-state index contributed by atoms with van der Waals surface area (Å²) in [6.07, 6.45) is 40.5. The molecule has 0 heterocycles. The maximum absolute atomic E-state index is 2.45. The second kappa shape index (κ2) is 23.7. The summed E-state index contributed by atoms with van der Waals surface area (Å²) in [5.41, 5.74) is 24.1. The molecule has 0 unspecified atom stereocenters. The van der Waals surface area contributed by atoms with Crippen LogP contribution in [-0.4, -0.2) is 0 Å². The first-order valence-electron chi connectivity index (χ1n) is 29.3. The Bertz CT molecular complexity index is 3110. The molecule has 4 fully saturated rings. The van der Waals surface area contributed by atoms with Gasteiger partial charge in [-0.1, -0.05) is 242 Å². The van der Waals surface area contributed by atoms with Crippen LogP contribution in [0.15, 0.2) is 192 Å². The van der Waals surface area contributed by atoms with Gasteiger partial charge in [-0.25, -0.2) is 0 Å². The molecule has 0 atom stereocenters. The minimum atomic E-state index is 1.23. The van der Waals surface area contributed by atoms with Crippen molar-refractivity contribution < 1.29 is 0 Å². The van der Waals surface area contributed by atoms with Gasteiger partial charge in [-0.2, -0.15) is 0 Å². The Balaban J connectivity index is 0.923. The van der Waals surface area contributed by atoms with Crippen LogP contribution in [0.1, 0.15) is 184 Å². The van der Waals surface area contributed by atoms with E-state index in [4.69, 9.17) is 0 Å². The maximum atomic E-state index is 2.45. The molecule has 0 spiro atoms. The van der Waals surface area contributed by atoms with Gasteiger partial charge in [-0.3, -0.25) is 0 Å². The molecule has 0 N–H and O–H groups in total. The predicted octanol–water partition coefficient (Wildman–Crippen LogP) is 22.2. The third kappa shape index (κ3) is 11.7. The lowest BCUT2D eigenvalue weighted by Gasteiger charge is -2.17. The molecule has 0 saturated heterocycles. The lowest BCUT2D eigenvalue weighted by atomic mass is 9.87. The van der Waals surface area contributed by atoms with Crippen molar-refractivity contribution in [2.45, 2.75) is 128 Å². The van der Waals surface area contributed by atoms with Gasteiger partial charge in [0, 0.05) is 0 Å². The molecule has 0 radical (unpaired) electrons. The molecule has 4 aliphatic carbocycles. The Kier molecular flexibility index (Phi) is 15.5. The van der Waals surface area contributed by atoms with Gasteiger partial charge in [-0.15, -0.1) is 0 Å². The maximum Gasteiger partial charge on any atom is -0.00987 e. The fourth-order valence-corrected chi connectivity index (χ4v) is 12.9. The Morgan fingerprint density at radius 2 is 0.487 bits per heavy atom. The van der Waals surface area contributed by atoms with Gasteiger partial charge in [0.15, 0.2) is 0 Å². The van der Waals surface area contributed by atoms with Crippen LogP contribution in [-0.2, 0) is 0 Å². The summed E-state index contributed by atoms with van der Waals surface area (Å²) in [6.45, 7) is 0. The number of rotatable bonds is 11. The van der Waals surface area contributed by atoms with Gasteiger partial charge in [-0.05, 0) is 214 Å². The largest absolute Gasteiger partial charge is 0.0696 e. The van der Waals surface area contributed by atoms with E-state index in [9.17, 15) is 0 Å². The molecular formula is C76H74. The normalized spacial score (nSPS) is 16.1. The summed E-state index contributed by atoms with van der Waals surface area (Å²) >= 11 is 0. The van der Waals surface area contributed by atoms with Crippen molar-refractivity contribution in [3.63, 3.8) is 0 Å². The second-order valence-corrected chi connectivity index (χ2v) is 22.6. The molecule has 12 rings (SSSR count). The molecule has 0 aliphatic heterocycles. The lowest BCUT2D eigenvalue weighted by molar-refractivity contribution is 0.602. The van der Waals surface area contributed by atoms with Crippen molar-refractivity contribution in [3.8, 4) is 11.1 Å². The lowest BCUT2D eigenvalue weighted by Crippen LogP contribution is -1.94. The third-order valence-electron chi connectivity index (χ3n) is 17.2. The van der Waals surface area contributed by atoms with Crippen molar-refractivity contribution in [3.05, 3.63) is 248 Å². The molecule has 8 aromatic carbocycles. The second-order valence-electron chi connectivity index (χ2n) is 22.6. The van der Waals surface area contributed by atoms with Crippen molar-refractivity contribution in [2.24, 2.45) is 0 Å². The van der Waals surface area contributed by atoms with Crippen molar-refractivity contribution in [1.82, 2.24) is 0 Å². The van der Waals surface area contributed by atoms with E-state index in [0.29, 0.717) is 0 Å². The van der Waals surface area contributed by atoms with Crippen molar-refractivity contribution >= 4 is 69.1 Å². The van der Waals surface area contributed by atoms with E-state index in [1.165, 1.54) is 228 Å². The molecule has 0 heteroatoms. The minimum Gasteiger partial charge on any atom is -0.0696 e. The fourth-order valence-electron chi connectivity index (χ4n) is 12.9. The van der Waals surface area contributed by atoms with Gasteiger partial charge in [0.05, 0.1) is 0 Å². The average Bonchev–Trinajstić information content (AvgIpc) is 3.50. The fraction of sp³-hybridized carbons (Fsp3) is 0.263. The third-order valence-corrected chi connectivity index (χ3v) is 17.2. The zero-order valence-electron chi connectivity index (χ0n) is 44.8. The molecular weight excluding hydrogens is 913 g/mol. The molecule has 0 nitrogen and oxygen atoms in total. The molecule has 0 amide bonds. The summed E-state index contributed by atoms with van der Waals surface area (Å²) < 4.78 is 0. The summed E-state index contributed by atoms with van der Waals surface area (Å²) in [6, 6.07) is 65.0. The quantitative estimate of drug-likeness (QED) is 0.113. The number of hydrogen-bond acceptors (Lipinski definition) is 0. The highest BCUT2D eigenvalue weighted by Crippen LogP contribution is 2.40. The Morgan fingerprint density at radius 3 is 0.750 bits per heavy atom. The predicted molar refractivity (Wildman–Crippen MR) is 331 cm³/mol. The Hall–Kier alpha value is -7.28. The van der Waals surface area contributed by atoms with Gasteiger partial charge in [0.25, 0.3) is 0 Å². The zero-order valence-corrected chi connectivity index (χ0v) is 44.8. The van der Waals surface area contributed by atoms with E-state index < -0.39 is 0 Å². The highest BCUT2D eigenvalue weighted by atomic mass is 14.2. The highest BCUT2D eigenvalue weighted by molar-refractivity contribution is 6.11. The first-order valence-corrected chi connectivity index (χ1v) is 29.3. The minimum absolute atomic E-state index is 1.23. The van der Waals surface area contributed by atoms with Crippen LogP contribution in [0.2, 0.25) is 0 Å². The van der Waals surface area contributed by atoms with Crippen LogP contribution in [0.4, 0.5) is 0 Å². The summed E-state index contributed by atoms with van der Waals surface area (Å²) in [7, 11) is 0. The molecule has 8 aromatic rings. The number of allylic oxidation sites excluding steroid dienone is 4. The first kappa shape index (κ1) is 49.6. The molecule has 0 bridgehead atoms. The van der Waals surface area contributed by atoms with Crippen LogP contribution in [0.3, 0.4) is 0 Å². The van der Waals surface area contributed by atoms with E-state index in [2.05, 4.69) is 206 Å². The molecule has 0 aromatic heterocycles. The zero-order chi connectivity index (χ0) is 50.9. The molecule has 378 valence electrons. The number of hydrogen-bond donors (Lipinski definition) is 0.